The van der Waals surface area contributed by atoms with Crippen LogP contribution in [0.25, 0.3) is 10.9 Å². The molecular weight excluding hydrogens is 434 g/mol. The number of aryl methyl sites for hydroxylation is 1. The Kier molecular flexibility index (Phi) is 5.97. The Morgan fingerprint density at radius 2 is 1.88 bits per heavy atom. The summed E-state index contributed by atoms with van der Waals surface area (Å²) in [5.74, 6) is 2.54. The summed E-state index contributed by atoms with van der Waals surface area (Å²) in [4.78, 5) is 6.24. The summed E-state index contributed by atoms with van der Waals surface area (Å²) in [6.45, 7) is 3.94. The number of nitrogens with one attached hydrogen (secondary N) is 2. The Hall–Kier alpha value is -2.35. The molecule has 2 fully saturated rings. The van der Waals surface area contributed by atoms with Crippen LogP contribution >= 0.6 is 0 Å². The number of H-pyrrole nitrogens is 1. The van der Waals surface area contributed by atoms with E-state index in [2.05, 4.69) is 33.7 Å². The van der Waals surface area contributed by atoms with Gasteiger partial charge in [0.1, 0.15) is 5.75 Å². The van der Waals surface area contributed by atoms with E-state index in [-0.39, 0.29) is 6.04 Å². The highest BCUT2D eigenvalue weighted by molar-refractivity contribution is 7.89. The summed E-state index contributed by atoms with van der Waals surface area (Å²) in [6, 6.07) is 12.0. The number of piperidine rings is 1. The van der Waals surface area contributed by atoms with Gasteiger partial charge < -0.3 is 9.72 Å². The highest BCUT2D eigenvalue weighted by atomic mass is 32.2. The van der Waals surface area contributed by atoms with Crippen LogP contribution in [-0.4, -0.2) is 39.0 Å². The lowest BCUT2D eigenvalue weighted by molar-refractivity contribution is 0.0953. The molecule has 0 spiro atoms. The van der Waals surface area contributed by atoms with Gasteiger partial charge in [0.2, 0.25) is 10.0 Å². The number of sulfonamides is 1. The number of methoxy groups -OCH3 is 1. The molecule has 2 aromatic carbocycles. The molecule has 0 amide bonds. The molecule has 1 aliphatic carbocycles. The van der Waals surface area contributed by atoms with Crippen LogP contribution in [-0.2, 0) is 16.6 Å². The molecule has 2 atom stereocenters. The van der Waals surface area contributed by atoms with E-state index in [4.69, 9.17) is 4.74 Å². The number of likely N-dealkylation sites (tertiary alicyclic amines) is 1. The van der Waals surface area contributed by atoms with E-state index >= 15 is 0 Å². The van der Waals surface area contributed by atoms with Crippen molar-refractivity contribution in [2.75, 3.05) is 20.7 Å². The largest absolute Gasteiger partial charge is 0.496 e. The topological polar surface area (TPSA) is 74.4 Å². The zero-order chi connectivity index (χ0) is 23.2. The molecule has 1 aliphatic heterocycles. The van der Waals surface area contributed by atoms with Crippen LogP contribution in [0.1, 0.15) is 48.4 Å². The standard InChI is InChI=1S/C26H33N3O3S/c1-17-14-25(32-3)23(22-10-12-28-26(17)22)16-29-13-11-20(18-4-5-18)15-24(29)19-6-8-21(9-7-19)33(30,31)27-2/h6-10,12,14,18,20,24,27-28H,4-5,11,13,15-16H2,1-3H3/t20?,24-/m0/s1. The predicted molar refractivity (Wildman–Crippen MR) is 131 cm³/mol. The first-order valence-corrected chi connectivity index (χ1v) is 13.3. The maximum Gasteiger partial charge on any atom is 0.240 e. The van der Waals surface area contributed by atoms with Gasteiger partial charge in [-0.1, -0.05) is 12.1 Å². The minimum Gasteiger partial charge on any atom is -0.496 e. The van der Waals surface area contributed by atoms with Crippen molar-refractivity contribution in [1.82, 2.24) is 14.6 Å². The molecule has 2 aliphatic rings. The molecule has 6 nitrogen and oxygen atoms in total. The maximum absolute atomic E-state index is 12.2. The highest BCUT2D eigenvalue weighted by Gasteiger charge is 2.38. The van der Waals surface area contributed by atoms with Crippen LogP contribution in [0.15, 0.2) is 47.5 Å². The first-order chi connectivity index (χ1) is 15.9. The number of ether oxygens (including phenoxy) is 1. The van der Waals surface area contributed by atoms with Crippen LogP contribution in [0.2, 0.25) is 0 Å². The van der Waals surface area contributed by atoms with Crippen molar-refractivity contribution < 1.29 is 13.2 Å². The van der Waals surface area contributed by atoms with Crippen molar-refractivity contribution in [1.29, 1.82) is 0 Å². The fraction of sp³-hybridized carbons (Fsp3) is 0.462. The van der Waals surface area contributed by atoms with Crippen molar-refractivity contribution >= 4 is 20.9 Å². The van der Waals surface area contributed by atoms with E-state index in [1.54, 1.807) is 19.2 Å². The van der Waals surface area contributed by atoms with E-state index in [1.165, 1.54) is 48.4 Å². The van der Waals surface area contributed by atoms with Gasteiger partial charge in [-0.05, 0) is 93.4 Å². The number of rotatable bonds is 7. The number of aromatic amines is 1. The molecule has 176 valence electrons. The van der Waals surface area contributed by atoms with Crippen molar-refractivity contribution in [3.05, 3.63) is 59.3 Å². The molecule has 0 bridgehead atoms. The Morgan fingerprint density at radius 1 is 1.12 bits per heavy atom. The highest BCUT2D eigenvalue weighted by Crippen LogP contribution is 2.47. The summed E-state index contributed by atoms with van der Waals surface area (Å²) in [7, 11) is -0.245. The normalized spacial score (nSPS) is 22.0. The van der Waals surface area contributed by atoms with Gasteiger partial charge in [0, 0.05) is 35.2 Å². The number of aromatic nitrogens is 1. The SMILES string of the molecule is CNS(=O)(=O)c1ccc([C@@H]2CC(C3CC3)CCN2Cc2c(OC)cc(C)c3[nH]ccc23)cc1. The van der Waals surface area contributed by atoms with E-state index in [0.29, 0.717) is 4.90 Å². The van der Waals surface area contributed by atoms with Crippen molar-refractivity contribution in [3.63, 3.8) is 0 Å². The molecule has 1 saturated carbocycles. The molecule has 1 saturated heterocycles. The predicted octanol–water partition coefficient (Wildman–Crippen LogP) is 4.76. The Morgan fingerprint density at radius 3 is 2.55 bits per heavy atom. The lowest BCUT2D eigenvalue weighted by atomic mass is 9.84. The van der Waals surface area contributed by atoms with Crippen LogP contribution in [0, 0.1) is 18.8 Å². The molecular formula is C26H33N3O3S. The van der Waals surface area contributed by atoms with Crippen LogP contribution < -0.4 is 9.46 Å². The van der Waals surface area contributed by atoms with Crippen LogP contribution in [0.4, 0.5) is 0 Å². The van der Waals surface area contributed by atoms with Crippen LogP contribution in [0.3, 0.4) is 0 Å². The van der Waals surface area contributed by atoms with Crippen molar-refractivity contribution in [3.8, 4) is 5.75 Å². The quantitative estimate of drug-likeness (QED) is 0.526. The second-order valence-electron chi connectivity index (χ2n) is 9.53. The van der Waals surface area contributed by atoms with Crippen molar-refractivity contribution in [2.24, 2.45) is 11.8 Å². The van der Waals surface area contributed by atoms with Gasteiger partial charge in [0.05, 0.1) is 12.0 Å². The van der Waals surface area contributed by atoms with Crippen LogP contribution in [0.5, 0.6) is 5.75 Å². The van der Waals surface area contributed by atoms with Gasteiger partial charge in [-0.3, -0.25) is 4.90 Å². The third-order valence-electron chi connectivity index (χ3n) is 7.58. The zero-order valence-corrected chi connectivity index (χ0v) is 20.4. The number of hydrogen-bond acceptors (Lipinski definition) is 4. The van der Waals surface area contributed by atoms with Gasteiger partial charge >= 0.3 is 0 Å². The zero-order valence-electron chi connectivity index (χ0n) is 19.6. The monoisotopic (exact) mass is 467 g/mol. The number of benzene rings is 2. The fourth-order valence-electron chi connectivity index (χ4n) is 5.54. The van der Waals surface area contributed by atoms with Gasteiger partial charge in [-0.2, -0.15) is 0 Å². The number of hydrogen-bond donors (Lipinski definition) is 2. The van der Waals surface area contributed by atoms with Gasteiger partial charge in [0.25, 0.3) is 0 Å². The molecule has 3 aromatic rings. The average molecular weight is 468 g/mol. The molecule has 7 heteroatoms. The lowest BCUT2D eigenvalue weighted by Gasteiger charge is -2.40. The minimum atomic E-state index is -3.44. The first-order valence-electron chi connectivity index (χ1n) is 11.8. The van der Waals surface area contributed by atoms with E-state index < -0.39 is 10.0 Å². The third-order valence-corrected chi connectivity index (χ3v) is 9.01. The molecule has 2 heterocycles. The van der Waals surface area contributed by atoms with E-state index in [9.17, 15) is 8.42 Å². The molecule has 33 heavy (non-hydrogen) atoms. The summed E-state index contributed by atoms with van der Waals surface area (Å²) < 4.78 is 32.6. The Balaban J connectivity index is 1.49. The summed E-state index contributed by atoms with van der Waals surface area (Å²) in [5, 5.41) is 1.21. The fourth-order valence-corrected chi connectivity index (χ4v) is 6.27. The van der Waals surface area contributed by atoms with E-state index in [0.717, 1.165) is 42.6 Å². The number of nitrogens with zero attached hydrogens (tertiary/aromatic N) is 1. The Labute approximate surface area is 196 Å². The maximum atomic E-state index is 12.2. The second-order valence-corrected chi connectivity index (χ2v) is 11.4. The van der Waals surface area contributed by atoms with Crippen molar-refractivity contribution in [2.45, 2.75) is 50.1 Å². The first kappa shape index (κ1) is 22.4. The van der Waals surface area contributed by atoms with Gasteiger partial charge in [-0.25, -0.2) is 13.1 Å². The summed E-state index contributed by atoms with van der Waals surface area (Å²) >= 11 is 0. The summed E-state index contributed by atoms with van der Waals surface area (Å²) in [5.41, 5.74) is 4.74. The molecule has 1 aromatic heterocycles. The molecule has 2 N–H and O–H groups in total. The third kappa shape index (κ3) is 4.29. The molecule has 1 unspecified atom stereocenters. The summed E-state index contributed by atoms with van der Waals surface area (Å²) in [6.07, 6.45) is 7.04. The van der Waals surface area contributed by atoms with Gasteiger partial charge in [0.15, 0.2) is 0 Å². The molecule has 0 radical (unpaired) electrons. The average Bonchev–Trinajstić information content (AvgIpc) is 3.56. The Bertz CT molecular complexity index is 1250. The lowest BCUT2D eigenvalue weighted by Crippen LogP contribution is -2.37. The minimum absolute atomic E-state index is 0.260. The molecule has 5 rings (SSSR count). The smallest absolute Gasteiger partial charge is 0.240 e. The van der Waals surface area contributed by atoms with E-state index in [1.807, 2.05) is 18.3 Å². The number of fused-ring (bicyclic) bond motifs is 1. The van der Waals surface area contributed by atoms with Gasteiger partial charge in [-0.15, -0.1) is 0 Å². The second kappa shape index (κ2) is 8.78.